The molecule has 0 bridgehead atoms. The molecule has 0 saturated heterocycles. The molecule has 1 aromatic rings. The summed E-state index contributed by atoms with van der Waals surface area (Å²) in [6, 6.07) is 4.45. The summed E-state index contributed by atoms with van der Waals surface area (Å²) in [6.07, 6.45) is 0. The zero-order chi connectivity index (χ0) is 9.84. The summed E-state index contributed by atoms with van der Waals surface area (Å²) in [7, 11) is 0. The van der Waals surface area contributed by atoms with Gasteiger partial charge in [-0.05, 0) is 46.3 Å². The van der Waals surface area contributed by atoms with E-state index in [4.69, 9.17) is 18.1 Å². The highest BCUT2D eigenvalue weighted by Gasteiger charge is 2.00. The smallest absolute Gasteiger partial charge is 0.185 e. The molecule has 1 rings (SSSR count). The molecule has 0 fully saturated rings. The Balaban J connectivity index is 2.79. The van der Waals surface area contributed by atoms with E-state index in [1.165, 1.54) is 6.07 Å². The lowest BCUT2D eigenvalue weighted by Crippen LogP contribution is -2.34. The first-order valence-electron chi connectivity index (χ1n) is 3.36. The van der Waals surface area contributed by atoms with E-state index >= 15 is 0 Å². The Labute approximate surface area is 88.6 Å². The van der Waals surface area contributed by atoms with Crippen LogP contribution in [-0.4, -0.2) is 5.11 Å². The molecule has 0 radical (unpaired) electrons. The Morgan fingerprint density at radius 3 is 2.77 bits per heavy atom. The van der Waals surface area contributed by atoms with E-state index in [-0.39, 0.29) is 10.9 Å². The number of hydrogen-bond acceptors (Lipinski definition) is 2. The molecule has 0 aliphatic heterocycles. The molecule has 1 aromatic carbocycles. The van der Waals surface area contributed by atoms with Crippen LogP contribution in [0.25, 0.3) is 0 Å². The number of hydrogen-bond donors (Lipinski definition) is 3. The Hall–Kier alpha value is -0.720. The Bertz CT molecular complexity index is 332. The monoisotopic (exact) mass is 263 g/mol. The first-order chi connectivity index (χ1) is 6.13. The Kier molecular flexibility index (Phi) is 3.58. The average molecular weight is 264 g/mol. The van der Waals surface area contributed by atoms with Crippen LogP contribution in [0.2, 0.25) is 0 Å². The van der Waals surface area contributed by atoms with Crippen molar-refractivity contribution >= 4 is 38.9 Å². The molecule has 0 unspecified atom stereocenters. The lowest BCUT2D eigenvalue weighted by Gasteiger charge is -2.06. The van der Waals surface area contributed by atoms with E-state index in [0.29, 0.717) is 10.2 Å². The second-order valence-corrected chi connectivity index (χ2v) is 3.49. The fourth-order valence-electron chi connectivity index (χ4n) is 0.741. The molecule has 4 N–H and O–H groups in total. The van der Waals surface area contributed by atoms with Crippen molar-refractivity contribution in [1.29, 1.82) is 0 Å². The SMILES string of the molecule is NNC(=S)Nc1ccc(F)c(Br)c1. The van der Waals surface area contributed by atoms with Crippen LogP contribution in [0.5, 0.6) is 0 Å². The molecule has 6 heteroatoms. The van der Waals surface area contributed by atoms with Gasteiger partial charge in [-0.25, -0.2) is 10.2 Å². The molecule has 0 aliphatic rings. The van der Waals surface area contributed by atoms with Crippen molar-refractivity contribution in [3.8, 4) is 0 Å². The maximum absolute atomic E-state index is 12.8. The fraction of sp³-hybridized carbons (Fsp3) is 0. The van der Waals surface area contributed by atoms with Crippen molar-refractivity contribution in [2.24, 2.45) is 5.84 Å². The molecule has 0 saturated carbocycles. The van der Waals surface area contributed by atoms with Gasteiger partial charge in [0.1, 0.15) is 5.82 Å². The minimum atomic E-state index is -0.322. The van der Waals surface area contributed by atoms with E-state index in [1.54, 1.807) is 12.1 Å². The standard InChI is InChI=1S/C7H7BrFN3S/c8-5-3-4(1-2-6(5)9)11-7(13)12-10/h1-3H,10H2,(H2,11,12,13). The van der Waals surface area contributed by atoms with Crippen molar-refractivity contribution in [3.63, 3.8) is 0 Å². The van der Waals surface area contributed by atoms with Gasteiger partial charge in [0.05, 0.1) is 4.47 Å². The molecule has 0 spiro atoms. The van der Waals surface area contributed by atoms with E-state index in [1.807, 2.05) is 0 Å². The molecular weight excluding hydrogens is 257 g/mol. The highest BCUT2D eigenvalue weighted by atomic mass is 79.9. The summed E-state index contributed by atoms with van der Waals surface area (Å²) >= 11 is 7.81. The minimum absolute atomic E-state index is 0.276. The molecule has 0 aromatic heterocycles. The van der Waals surface area contributed by atoms with Crippen LogP contribution in [0.3, 0.4) is 0 Å². The quantitative estimate of drug-likeness (QED) is 0.411. The van der Waals surface area contributed by atoms with Gasteiger partial charge in [0.15, 0.2) is 5.11 Å². The van der Waals surface area contributed by atoms with Crippen LogP contribution >= 0.6 is 28.1 Å². The highest BCUT2D eigenvalue weighted by Crippen LogP contribution is 2.19. The van der Waals surface area contributed by atoms with E-state index in [2.05, 4.69) is 26.7 Å². The normalized spacial score (nSPS) is 9.46. The van der Waals surface area contributed by atoms with Crippen molar-refractivity contribution < 1.29 is 4.39 Å². The van der Waals surface area contributed by atoms with Gasteiger partial charge in [-0.1, -0.05) is 0 Å². The molecule has 0 heterocycles. The zero-order valence-corrected chi connectivity index (χ0v) is 8.88. The summed E-state index contributed by atoms with van der Waals surface area (Å²) in [5, 5.41) is 3.03. The second kappa shape index (κ2) is 4.50. The van der Waals surface area contributed by atoms with Crippen LogP contribution in [-0.2, 0) is 0 Å². The minimum Gasteiger partial charge on any atom is -0.332 e. The number of halogens is 2. The first-order valence-corrected chi connectivity index (χ1v) is 4.56. The van der Waals surface area contributed by atoms with Gasteiger partial charge >= 0.3 is 0 Å². The number of nitrogens with one attached hydrogen (secondary N) is 2. The third-order valence-electron chi connectivity index (χ3n) is 1.31. The number of anilines is 1. The van der Waals surface area contributed by atoms with Gasteiger partial charge in [0, 0.05) is 5.69 Å². The summed E-state index contributed by atoms with van der Waals surface area (Å²) in [5.41, 5.74) is 2.92. The van der Waals surface area contributed by atoms with Gasteiger partial charge in [0.2, 0.25) is 0 Å². The van der Waals surface area contributed by atoms with E-state index in [0.717, 1.165) is 0 Å². The Morgan fingerprint density at radius 1 is 1.54 bits per heavy atom. The predicted molar refractivity (Wildman–Crippen MR) is 57.6 cm³/mol. The van der Waals surface area contributed by atoms with Crippen molar-refractivity contribution in [2.45, 2.75) is 0 Å². The van der Waals surface area contributed by atoms with Gasteiger partial charge in [-0.2, -0.15) is 0 Å². The average Bonchev–Trinajstić information content (AvgIpc) is 2.11. The highest BCUT2D eigenvalue weighted by molar-refractivity contribution is 9.10. The lowest BCUT2D eigenvalue weighted by molar-refractivity contribution is 0.621. The van der Waals surface area contributed by atoms with E-state index < -0.39 is 0 Å². The molecule has 0 aliphatic carbocycles. The maximum atomic E-state index is 12.8. The Morgan fingerprint density at radius 2 is 2.23 bits per heavy atom. The number of rotatable bonds is 1. The van der Waals surface area contributed by atoms with Gasteiger partial charge in [0.25, 0.3) is 0 Å². The summed E-state index contributed by atoms with van der Waals surface area (Å²) in [5.74, 6) is 4.73. The van der Waals surface area contributed by atoms with Crippen LogP contribution < -0.4 is 16.6 Å². The second-order valence-electron chi connectivity index (χ2n) is 2.23. The predicted octanol–water partition coefficient (Wildman–Crippen LogP) is 1.75. The largest absolute Gasteiger partial charge is 0.332 e. The maximum Gasteiger partial charge on any atom is 0.185 e. The third kappa shape index (κ3) is 2.91. The zero-order valence-electron chi connectivity index (χ0n) is 6.47. The number of hydrazine groups is 1. The van der Waals surface area contributed by atoms with Crippen LogP contribution in [0, 0.1) is 5.82 Å². The first kappa shape index (κ1) is 10.4. The van der Waals surface area contributed by atoms with Gasteiger partial charge < -0.3 is 10.7 Å². The van der Waals surface area contributed by atoms with Crippen molar-refractivity contribution in [3.05, 3.63) is 28.5 Å². The molecule has 0 amide bonds. The van der Waals surface area contributed by atoms with Crippen LogP contribution in [0.4, 0.5) is 10.1 Å². The van der Waals surface area contributed by atoms with E-state index in [9.17, 15) is 4.39 Å². The van der Waals surface area contributed by atoms with Gasteiger partial charge in [-0.3, -0.25) is 0 Å². The fourth-order valence-corrected chi connectivity index (χ4v) is 1.24. The molecule has 3 nitrogen and oxygen atoms in total. The third-order valence-corrected chi connectivity index (χ3v) is 2.14. The number of nitrogens with two attached hydrogens (primary N) is 1. The number of benzene rings is 1. The number of thiocarbonyl (C=S) groups is 1. The molecular formula is C7H7BrFN3S. The van der Waals surface area contributed by atoms with Crippen LogP contribution in [0.15, 0.2) is 22.7 Å². The van der Waals surface area contributed by atoms with Crippen LogP contribution in [0.1, 0.15) is 0 Å². The lowest BCUT2D eigenvalue weighted by atomic mass is 10.3. The van der Waals surface area contributed by atoms with Gasteiger partial charge in [-0.15, -0.1) is 0 Å². The topological polar surface area (TPSA) is 50.1 Å². The summed E-state index contributed by atoms with van der Waals surface area (Å²) < 4.78 is 13.1. The van der Waals surface area contributed by atoms with Crippen molar-refractivity contribution in [2.75, 3.05) is 5.32 Å². The molecule has 13 heavy (non-hydrogen) atoms. The summed E-state index contributed by atoms with van der Waals surface area (Å²) in [6.45, 7) is 0. The van der Waals surface area contributed by atoms with Crippen molar-refractivity contribution in [1.82, 2.24) is 5.43 Å². The summed E-state index contributed by atoms with van der Waals surface area (Å²) in [4.78, 5) is 0. The molecule has 0 atom stereocenters. The molecule has 70 valence electrons.